The van der Waals surface area contributed by atoms with Crippen LogP contribution in [0.5, 0.6) is 0 Å². The number of rotatable bonds is 0. The summed E-state index contributed by atoms with van der Waals surface area (Å²) in [5.41, 5.74) is 0. The summed E-state index contributed by atoms with van der Waals surface area (Å²) in [6.45, 7) is 3.83. The van der Waals surface area contributed by atoms with E-state index in [1.54, 1.807) is 0 Å². The molecule has 2 N–H and O–H groups in total. The number of nitrogens with one attached hydrogen (secondary N) is 2. The molecule has 10 heavy (non-hydrogen) atoms. The van der Waals surface area contributed by atoms with E-state index in [9.17, 15) is 4.79 Å². The minimum atomic E-state index is -0.0214. The molecule has 3 heteroatoms. The molecule has 0 saturated carbocycles. The van der Waals surface area contributed by atoms with Gasteiger partial charge in [0.15, 0.2) is 0 Å². The summed E-state index contributed by atoms with van der Waals surface area (Å²) in [5.74, 6) is 0.730. The van der Waals surface area contributed by atoms with E-state index < -0.39 is 0 Å². The Bertz CT molecular complexity index is 113. The first kappa shape index (κ1) is 7.38. The van der Waals surface area contributed by atoms with Crippen LogP contribution in [0.3, 0.4) is 0 Å². The number of urea groups is 1. The van der Waals surface area contributed by atoms with Crippen LogP contribution in [0.2, 0.25) is 0 Å². The molecule has 0 aliphatic carbocycles. The summed E-state index contributed by atoms with van der Waals surface area (Å²) in [7, 11) is 0. The van der Waals surface area contributed by atoms with Crippen LogP contribution in [0.1, 0.15) is 19.8 Å². The predicted molar refractivity (Wildman–Crippen MR) is 39.8 cm³/mol. The smallest absolute Gasteiger partial charge is 0.314 e. The van der Waals surface area contributed by atoms with E-state index in [1.165, 1.54) is 0 Å². The zero-order valence-corrected chi connectivity index (χ0v) is 6.31. The first-order valence-corrected chi connectivity index (χ1v) is 3.81. The maximum atomic E-state index is 10.7. The van der Waals surface area contributed by atoms with Crippen LogP contribution in [-0.2, 0) is 0 Å². The normalized spacial score (nSPS) is 22.3. The van der Waals surface area contributed by atoms with Crippen molar-refractivity contribution in [2.75, 3.05) is 13.1 Å². The third kappa shape index (κ3) is 2.25. The molecule has 58 valence electrons. The highest BCUT2D eigenvalue weighted by atomic mass is 16.2. The summed E-state index contributed by atoms with van der Waals surface area (Å²) in [5, 5.41) is 5.53. The zero-order chi connectivity index (χ0) is 7.40. The van der Waals surface area contributed by atoms with Gasteiger partial charge in [-0.1, -0.05) is 6.92 Å². The lowest BCUT2D eigenvalue weighted by Gasteiger charge is -2.16. The average Bonchev–Trinajstić information content (AvgIpc) is 1.84. The van der Waals surface area contributed by atoms with Gasteiger partial charge in [-0.05, 0) is 18.8 Å². The summed E-state index contributed by atoms with van der Waals surface area (Å²) in [6, 6.07) is -0.0214. The molecule has 1 rings (SSSR count). The molecule has 3 nitrogen and oxygen atoms in total. The standard InChI is InChI=1S/C7H14N2O/c1-6-2-4-8-7(10)9-5-3-6/h6H,2-5H2,1H3,(H2,8,9,10). The Morgan fingerprint density at radius 2 is 1.80 bits per heavy atom. The highest BCUT2D eigenvalue weighted by molar-refractivity contribution is 5.73. The maximum absolute atomic E-state index is 10.7. The van der Waals surface area contributed by atoms with Crippen molar-refractivity contribution in [1.29, 1.82) is 0 Å². The van der Waals surface area contributed by atoms with Crippen molar-refractivity contribution in [3.8, 4) is 0 Å². The lowest BCUT2D eigenvalue weighted by Crippen LogP contribution is -2.39. The summed E-state index contributed by atoms with van der Waals surface area (Å²) in [6.07, 6.45) is 2.21. The summed E-state index contributed by atoms with van der Waals surface area (Å²) >= 11 is 0. The Morgan fingerprint density at radius 3 is 2.30 bits per heavy atom. The Labute approximate surface area is 61.2 Å². The molecule has 0 aromatic rings. The van der Waals surface area contributed by atoms with Crippen molar-refractivity contribution >= 4 is 6.03 Å². The minimum Gasteiger partial charge on any atom is -0.338 e. The molecule has 2 amide bonds. The van der Waals surface area contributed by atoms with Crippen LogP contribution in [0.25, 0.3) is 0 Å². The fourth-order valence-electron chi connectivity index (χ4n) is 1.07. The quantitative estimate of drug-likeness (QED) is 0.514. The van der Waals surface area contributed by atoms with Crippen molar-refractivity contribution < 1.29 is 4.79 Å². The van der Waals surface area contributed by atoms with Crippen LogP contribution in [0.4, 0.5) is 4.79 Å². The summed E-state index contributed by atoms with van der Waals surface area (Å²) < 4.78 is 0. The second-order valence-corrected chi connectivity index (χ2v) is 2.87. The van der Waals surface area contributed by atoms with Gasteiger partial charge in [-0.3, -0.25) is 0 Å². The van der Waals surface area contributed by atoms with Gasteiger partial charge < -0.3 is 10.6 Å². The fourth-order valence-corrected chi connectivity index (χ4v) is 1.07. The number of carbonyl (C=O) groups is 1. The number of carbonyl (C=O) groups excluding carboxylic acids is 1. The van der Waals surface area contributed by atoms with E-state index in [0.717, 1.165) is 31.8 Å². The molecule has 0 aromatic carbocycles. The van der Waals surface area contributed by atoms with Gasteiger partial charge in [0.25, 0.3) is 0 Å². The molecule has 1 saturated heterocycles. The molecule has 0 aromatic heterocycles. The average molecular weight is 142 g/mol. The van der Waals surface area contributed by atoms with E-state index in [4.69, 9.17) is 0 Å². The number of hydrogen-bond acceptors (Lipinski definition) is 1. The molecule has 0 bridgehead atoms. The van der Waals surface area contributed by atoms with Crippen LogP contribution < -0.4 is 10.6 Å². The van der Waals surface area contributed by atoms with Gasteiger partial charge in [0, 0.05) is 13.1 Å². The lowest BCUT2D eigenvalue weighted by molar-refractivity contribution is 0.236. The molecule has 0 spiro atoms. The van der Waals surface area contributed by atoms with Crippen LogP contribution in [-0.4, -0.2) is 19.1 Å². The lowest BCUT2D eigenvalue weighted by atomic mass is 10.0. The van der Waals surface area contributed by atoms with Gasteiger partial charge in [0.1, 0.15) is 0 Å². The minimum absolute atomic E-state index is 0.0214. The zero-order valence-electron chi connectivity index (χ0n) is 6.31. The highest BCUT2D eigenvalue weighted by Gasteiger charge is 2.07. The maximum Gasteiger partial charge on any atom is 0.314 e. The topological polar surface area (TPSA) is 41.1 Å². The van der Waals surface area contributed by atoms with Gasteiger partial charge in [-0.25, -0.2) is 4.79 Å². The van der Waals surface area contributed by atoms with E-state index in [-0.39, 0.29) is 6.03 Å². The molecule has 1 aliphatic rings. The number of amides is 2. The van der Waals surface area contributed by atoms with Crippen molar-refractivity contribution in [3.05, 3.63) is 0 Å². The van der Waals surface area contributed by atoms with E-state index in [0.29, 0.717) is 0 Å². The molecule has 0 unspecified atom stereocenters. The van der Waals surface area contributed by atoms with Gasteiger partial charge in [0.2, 0.25) is 0 Å². The van der Waals surface area contributed by atoms with Crippen LogP contribution in [0, 0.1) is 5.92 Å². The van der Waals surface area contributed by atoms with E-state index >= 15 is 0 Å². The largest absolute Gasteiger partial charge is 0.338 e. The third-order valence-electron chi connectivity index (χ3n) is 1.85. The molecular formula is C7H14N2O. The summed E-state index contributed by atoms with van der Waals surface area (Å²) in [4.78, 5) is 10.7. The van der Waals surface area contributed by atoms with Crippen molar-refractivity contribution in [1.82, 2.24) is 10.6 Å². The van der Waals surface area contributed by atoms with E-state index in [2.05, 4.69) is 17.6 Å². The van der Waals surface area contributed by atoms with Gasteiger partial charge in [-0.2, -0.15) is 0 Å². The molecule has 1 heterocycles. The van der Waals surface area contributed by atoms with Crippen LogP contribution >= 0.6 is 0 Å². The second-order valence-electron chi connectivity index (χ2n) is 2.87. The fraction of sp³-hybridized carbons (Fsp3) is 0.857. The molecular weight excluding hydrogens is 128 g/mol. The first-order valence-electron chi connectivity index (χ1n) is 3.81. The van der Waals surface area contributed by atoms with Crippen LogP contribution in [0.15, 0.2) is 0 Å². The highest BCUT2D eigenvalue weighted by Crippen LogP contribution is 2.05. The number of hydrogen-bond donors (Lipinski definition) is 2. The van der Waals surface area contributed by atoms with Gasteiger partial charge in [0.05, 0.1) is 0 Å². The molecule has 1 aliphatic heterocycles. The van der Waals surface area contributed by atoms with E-state index in [1.807, 2.05) is 0 Å². The predicted octanol–water partition coefficient (Wildman–Crippen LogP) is 0.716. The molecule has 0 radical (unpaired) electrons. The second kappa shape index (κ2) is 3.44. The Kier molecular flexibility index (Phi) is 2.54. The van der Waals surface area contributed by atoms with Crippen molar-refractivity contribution in [2.45, 2.75) is 19.8 Å². The Balaban J connectivity index is 2.27. The van der Waals surface area contributed by atoms with Crippen molar-refractivity contribution in [3.63, 3.8) is 0 Å². The third-order valence-corrected chi connectivity index (χ3v) is 1.85. The van der Waals surface area contributed by atoms with Crippen molar-refractivity contribution in [2.24, 2.45) is 5.92 Å². The molecule has 1 fully saturated rings. The molecule has 0 atom stereocenters. The monoisotopic (exact) mass is 142 g/mol. The van der Waals surface area contributed by atoms with Gasteiger partial charge in [-0.15, -0.1) is 0 Å². The Hall–Kier alpha value is -0.730. The Morgan fingerprint density at radius 1 is 1.30 bits per heavy atom. The van der Waals surface area contributed by atoms with Gasteiger partial charge >= 0.3 is 6.03 Å². The SMILES string of the molecule is CC1CCNC(=O)NCC1. The first-order chi connectivity index (χ1) is 4.79.